The summed E-state index contributed by atoms with van der Waals surface area (Å²) in [7, 11) is 0. The molecule has 8 heteroatoms. The van der Waals surface area contributed by atoms with E-state index in [1.165, 1.54) is 44.9 Å². The van der Waals surface area contributed by atoms with Crippen molar-refractivity contribution in [3.05, 3.63) is 0 Å². The molecule has 0 aromatic rings. The van der Waals surface area contributed by atoms with Crippen LogP contribution >= 0.6 is 0 Å². The van der Waals surface area contributed by atoms with E-state index in [0.717, 1.165) is 49.7 Å². The third kappa shape index (κ3) is 15.9. The van der Waals surface area contributed by atoms with Gasteiger partial charge < -0.3 is 0 Å². The highest BCUT2D eigenvalue weighted by Crippen LogP contribution is 2.37. The topological polar surface area (TPSA) is 141 Å². The van der Waals surface area contributed by atoms with Crippen LogP contribution in [0.5, 0.6) is 0 Å². The van der Waals surface area contributed by atoms with Crippen LogP contribution in [0.15, 0.2) is 9.98 Å². The standard InChI is InChI=1S/C13H24.C10H14N2O2.2CHNO/c1-3-7-12(8-4-1)11-13-9-5-2-6-10-13;13-8-11-6-10(7-12-9-14)4-2-1-3-5-10;2*2-1-3/h12-13H,1-11H2;1-7H2;2*2H. The van der Waals surface area contributed by atoms with Gasteiger partial charge in [-0.05, 0) is 31.1 Å². The zero-order valence-electron chi connectivity index (χ0n) is 19.9. The summed E-state index contributed by atoms with van der Waals surface area (Å²) in [6.45, 7) is 0.892. The number of rotatable bonds is 6. The Bertz CT molecular complexity index is 604. The number of nitrogens with one attached hydrogen (secondary N) is 2. The molecule has 2 N–H and O–H groups in total. The van der Waals surface area contributed by atoms with Gasteiger partial charge in [-0.15, -0.1) is 0 Å². The molecule has 3 saturated carbocycles. The van der Waals surface area contributed by atoms with Crippen molar-refractivity contribution < 1.29 is 19.2 Å². The summed E-state index contributed by atoms with van der Waals surface area (Å²) in [6.07, 6.45) is 27.0. The van der Waals surface area contributed by atoms with Crippen LogP contribution in [0.1, 0.15) is 103 Å². The van der Waals surface area contributed by atoms with E-state index in [4.69, 9.17) is 20.4 Å². The molecule has 33 heavy (non-hydrogen) atoms. The first kappa shape index (κ1) is 30.5. The summed E-state index contributed by atoms with van der Waals surface area (Å²) >= 11 is 0. The van der Waals surface area contributed by atoms with Crippen molar-refractivity contribution >= 4 is 24.3 Å². The van der Waals surface area contributed by atoms with Gasteiger partial charge in [0.1, 0.15) is 0 Å². The summed E-state index contributed by atoms with van der Waals surface area (Å²) in [4.78, 5) is 44.1. The average molecular weight is 461 g/mol. The van der Waals surface area contributed by atoms with E-state index in [1.807, 2.05) is 0 Å². The minimum Gasteiger partial charge on any atom is -0.222 e. The highest BCUT2D eigenvalue weighted by atomic mass is 16.1. The Morgan fingerprint density at radius 1 is 0.606 bits per heavy atom. The second kappa shape index (κ2) is 21.4. The lowest BCUT2D eigenvalue weighted by Crippen LogP contribution is -2.30. The molecule has 3 aliphatic rings. The van der Waals surface area contributed by atoms with Gasteiger partial charge in [-0.2, -0.15) is 0 Å². The van der Waals surface area contributed by atoms with Crippen LogP contribution in [0.2, 0.25) is 0 Å². The largest absolute Gasteiger partial charge is 0.234 e. The van der Waals surface area contributed by atoms with Crippen LogP contribution in [-0.2, 0) is 19.2 Å². The van der Waals surface area contributed by atoms with Crippen LogP contribution in [-0.4, -0.2) is 37.4 Å². The minimum absolute atomic E-state index is 0.0763. The monoisotopic (exact) mass is 460 g/mol. The molecule has 0 amide bonds. The van der Waals surface area contributed by atoms with Gasteiger partial charge in [0.25, 0.3) is 0 Å². The second-order valence-electron chi connectivity index (χ2n) is 9.32. The fourth-order valence-electron chi connectivity index (χ4n) is 5.39. The highest BCUT2D eigenvalue weighted by Gasteiger charge is 2.31. The Labute approximate surface area is 197 Å². The first-order valence-corrected chi connectivity index (χ1v) is 12.3. The van der Waals surface area contributed by atoms with Crippen molar-refractivity contribution in [1.82, 2.24) is 0 Å². The van der Waals surface area contributed by atoms with E-state index in [2.05, 4.69) is 9.98 Å². The molecule has 0 bridgehead atoms. The second-order valence-corrected chi connectivity index (χ2v) is 9.32. The van der Waals surface area contributed by atoms with Crippen molar-refractivity contribution in [1.29, 1.82) is 10.8 Å². The molecule has 0 unspecified atom stereocenters. The predicted molar refractivity (Wildman–Crippen MR) is 126 cm³/mol. The quantitative estimate of drug-likeness (QED) is 0.373. The lowest BCUT2D eigenvalue weighted by molar-refractivity contribution is 0.210. The number of hydrogen-bond donors (Lipinski definition) is 2. The van der Waals surface area contributed by atoms with Crippen molar-refractivity contribution in [2.45, 2.75) is 103 Å². The Balaban J connectivity index is 0.000000502. The summed E-state index contributed by atoms with van der Waals surface area (Å²) in [6, 6.07) is 0. The smallest absolute Gasteiger partial charge is 0.222 e. The van der Waals surface area contributed by atoms with E-state index < -0.39 is 0 Å². The Hall–Kier alpha value is -2.48. The molecule has 184 valence electrons. The normalized spacial score (nSPS) is 19.5. The van der Waals surface area contributed by atoms with Crippen molar-refractivity contribution in [2.24, 2.45) is 27.2 Å². The lowest BCUT2D eigenvalue weighted by Gasteiger charge is -2.33. The van der Waals surface area contributed by atoms with Crippen molar-refractivity contribution in [2.75, 3.05) is 13.1 Å². The number of hydrogen-bond acceptors (Lipinski definition) is 8. The minimum atomic E-state index is -0.0763. The number of nitrogens with zero attached hydrogens (tertiary/aromatic N) is 2. The van der Waals surface area contributed by atoms with Gasteiger partial charge >= 0.3 is 0 Å². The maximum absolute atomic E-state index is 10.1. The molecule has 3 rings (SSSR count). The molecule has 0 aromatic heterocycles. The molecule has 0 atom stereocenters. The van der Waals surface area contributed by atoms with Gasteiger partial charge in [-0.1, -0.05) is 83.5 Å². The van der Waals surface area contributed by atoms with Crippen LogP contribution < -0.4 is 0 Å². The van der Waals surface area contributed by atoms with E-state index in [9.17, 15) is 9.59 Å². The molecule has 0 saturated heterocycles. The van der Waals surface area contributed by atoms with Gasteiger partial charge in [-0.3, -0.25) is 0 Å². The van der Waals surface area contributed by atoms with Crippen LogP contribution in [0, 0.1) is 28.1 Å². The predicted octanol–water partition coefficient (Wildman–Crippen LogP) is 5.95. The van der Waals surface area contributed by atoms with E-state index >= 15 is 0 Å². The number of isocyanates is 4. The zero-order chi connectivity index (χ0) is 24.6. The molecule has 0 aliphatic heterocycles. The van der Waals surface area contributed by atoms with E-state index in [1.54, 1.807) is 44.3 Å². The van der Waals surface area contributed by atoms with Crippen molar-refractivity contribution in [3.8, 4) is 0 Å². The van der Waals surface area contributed by atoms with Gasteiger partial charge in [-0.25, -0.2) is 40.0 Å². The third-order valence-corrected chi connectivity index (χ3v) is 6.99. The maximum atomic E-state index is 10.1. The van der Waals surface area contributed by atoms with Crippen LogP contribution in [0.3, 0.4) is 0 Å². The summed E-state index contributed by atoms with van der Waals surface area (Å²) in [5, 5.41) is 10.8. The van der Waals surface area contributed by atoms with Crippen LogP contribution in [0.25, 0.3) is 0 Å². The van der Waals surface area contributed by atoms with Crippen LogP contribution in [0.4, 0.5) is 0 Å². The van der Waals surface area contributed by atoms with E-state index in [-0.39, 0.29) is 5.41 Å². The Morgan fingerprint density at radius 3 is 1.27 bits per heavy atom. The molecule has 0 spiro atoms. The SMILES string of the molecule is C1CCC(CC2CCCCC2)CC1.N=C=O.N=C=O.O=C=NCC1(CN=C=O)CCCCC1. The summed E-state index contributed by atoms with van der Waals surface area (Å²) in [5.41, 5.74) is -0.0763. The highest BCUT2D eigenvalue weighted by molar-refractivity contribution is 5.34. The average Bonchev–Trinajstić information content (AvgIpc) is 2.85. The zero-order valence-corrected chi connectivity index (χ0v) is 19.9. The lowest BCUT2D eigenvalue weighted by atomic mass is 9.74. The number of aliphatic imine (C=N–C) groups is 2. The maximum Gasteiger partial charge on any atom is 0.234 e. The Kier molecular flexibility index (Phi) is 19.8. The van der Waals surface area contributed by atoms with E-state index in [0.29, 0.717) is 13.1 Å². The fourth-order valence-corrected chi connectivity index (χ4v) is 5.39. The van der Waals surface area contributed by atoms with Gasteiger partial charge in [0.15, 0.2) is 0 Å². The van der Waals surface area contributed by atoms with Gasteiger partial charge in [0.2, 0.25) is 24.3 Å². The third-order valence-electron chi connectivity index (χ3n) is 6.99. The molecule has 0 radical (unpaired) electrons. The molecule has 0 heterocycles. The first-order chi connectivity index (χ1) is 16.1. The van der Waals surface area contributed by atoms with Gasteiger partial charge in [0, 0.05) is 5.41 Å². The summed E-state index contributed by atoms with van der Waals surface area (Å²) in [5.74, 6) is 2.24. The molecular formula is C25H40N4O4. The first-order valence-electron chi connectivity index (χ1n) is 12.3. The fraction of sp³-hybridized carbons (Fsp3) is 0.840. The van der Waals surface area contributed by atoms with Crippen molar-refractivity contribution in [3.63, 3.8) is 0 Å². The molecule has 8 nitrogen and oxygen atoms in total. The molecule has 0 aromatic carbocycles. The number of carbonyl (C=O) groups excluding carboxylic acids is 4. The van der Waals surface area contributed by atoms with Gasteiger partial charge in [0.05, 0.1) is 13.1 Å². The molecule has 3 fully saturated rings. The summed E-state index contributed by atoms with van der Waals surface area (Å²) < 4.78 is 0. The molecular weight excluding hydrogens is 420 g/mol. The Morgan fingerprint density at radius 2 is 0.939 bits per heavy atom. The molecule has 3 aliphatic carbocycles.